The van der Waals surface area contributed by atoms with Crippen LogP contribution in [0.25, 0.3) is 0 Å². The molecule has 0 bridgehead atoms. The van der Waals surface area contributed by atoms with Crippen molar-refractivity contribution in [2.24, 2.45) is 17.4 Å². The molecule has 88 valence electrons. The van der Waals surface area contributed by atoms with Crippen LogP contribution in [0.1, 0.15) is 12.8 Å². The maximum absolute atomic E-state index is 10.8. The average molecular weight is 215 g/mol. The van der Waals surface area contributed by atoms with Crippen LogP contribution < -0.4 is 11.5 Å². The number of carbonyl (C=O) groups excluding carboxylic acids is 1. The molecule has 0 aromatic heterocycles. The van der Waals surface area contributed by atoms with E-state index in [2.05, 4.69) is 4.90 Å². The Morgan fingerprint density at radius 3 is 2.93 bits per heavy atom. The Kier molecular flexibility index (Phi) is 5.01. The van der Waals surface area contributed by atoms with Crippen molar-refractivity contribution in [2.45, 2.75) is 18.9 Å². The summed E-state index contributed by atoms with van der Waals surface area (Å²) in [4.78, 5) is 12.8. The van der Waals surface area contributed by atoms with Crippen molar-refractivity contribution in [2.75, 3.05) is 33.4 Å². The smallest absolute Gasteiger partial charge is 0.235 e. The molecule has 0 saturated carbocycles. The molecule has 0 aromatic carbocycles. The highest BCUT2D eigenvalue weighted by Gasteiger charge is 2.18. The fraction of sp³-hybridized carbons (Fsp3) is 0.900. The predicted octanol–water partition coefficient (Wildman–Crippen LogP) is -0.843. The van der Waals surface area contributed by atoms with Gasteiger partial charge in [0.05, 0.1) is 12.6 Å². The second kappa shape index (κ2) is 6.05. The van der Waals surface area contributed by atoms with E-state index >= 15 is 0 Å². The van der Waals surface area contributed by atoms with Gasteiger partial charge in [-0.2, -0.15) is 0 Å². The summed E-state index contributed by atoms with van der Waals surface area (Å²) in [7, 11) is 1.96. The Bertz CT molecular complexity index is 205. The van der Waals surface area contributed by atoms with E-state index in [0.29, 0.717) is 12.5 Å². The lowest BCUT2D eigenvalue weighted by molar-refractivity contribution is -0.119. The number of primary amides is 1. The highest BCUT2D eigenvalue weighted by atomic mass is 16.5. The van der Waals surface area contributed by atoms with Gasteiger partial charge >= 0.3 is 0 Å². The van der Waals surface area contributed by atoms with E-state index < -0.39 is 11.9 Å². The van der Waals surface area contributed by atoms with Gasteiger partial charge in [0, 0.05) is 19.7 Å². The average Bonchev–Trinajstić information content (AvgIpc) is 2.18. The molecule has 1 aliphatic heterocycles. The van der Waals surface area contributed by atoms with Crippen molar-refractivity contribution < 1.29 is 9.53 Å². The fourth-order valence-corrected chi connectivity index (χ4v) is 1.89. The van der Waals surface area contributed by atoms with Crippen LogP contribution in [0.4, 0.5) is 0 Å². The minimum Gasteiger partial charge on any atom is -0.381 e. The molecule has 5 nitrogen and oxygen atoms in total. The first-order chi connectivity index (χ1) is 7.09. The Morgan fingerprint density at radius 1 is 1.67 bits per heavy atom. The van der Waals surface area contributed by atoms with E-state index in [1.54, 1.807) is 0 Å². The van der Waals surface area contributed by atoms with Crippen molar-refractivity contribution in [3.05, 3.63) is 0 Å². The molecule has 1 amide bonds. The molecule has 15 heavy (non-hydrogen) atoms. The van der Waals surface area contributed by atoms with Crippen LogP contribution in [0.2, 0.25) is 0 Å². The van der Waals surface area contributed by atoms with Gasteiger partial charge < -0.3 is 21.1 Å². The third-order valence-electron chi connectivity index (χ3n) is 2.70. The van der Waals surface area contributed by atoms with Crippen molar-refractivity contribution in [3.63, 3.8) is 0 Å². The van der Waals surface area contributed by atoms with E-state index in [4.69, 9.17) is 16.2 Å². The largest absolute Gasteiger partial charge is 0.381 e. The zero-order chi connectivity index (χ0) is 11.3. The molecule has 2 unspecified atom stereocenters. The first kappa shape index (κ1) is 12.4. The highest BCUT2D eigenvalue weighted by molar-refractivity contribution is 5.79. The summed E-state index contributed by atoms with van der Waals surface area (Å²) < 4.78 is 5.39. The van der Waals surface area contributed by atoms with Crippen LogP contribution >= 0.6 is 0 Å². The second-order valence-electron chi connectivity index (χ2n) is 4.31. The summed E-state index contributed by atoms with van der Waals surface area (Å²) in [5.74, 6) is 0.116. The lowest BCUT2D eigenvalue weighted by atomic mass is 10.0. The molecule has 1 saturated heterocycles. The molecule has 0 radical (unpaired) electrons. The number of likely N-dealkylation sites (N-methyl/N-ethyl adjacent to an activating group) is 1. The fourth-order valence-electron chi connectivity index (χ4n) is 1.89. The van der Waals surface area contributed by atoms with Crippen molar-refractivity contribution in [3.8, 4) is 0 Å². The Morgan fingerprint density at radius 2 is 2.40 bits per heavy atom. The molecule has 1 aliphatic rings. The lowest BCUT2D eigenvalue weighted by Gasteiger charge is -2.27. The van der Waals surface area contributed by atoms with E-state index in [0.717, 1.165) is 26.2 Å². The number of amides is 1. The summed E-state index contributed by atoms with van der Waals surface area (Å²) in [5.41, 5.74) is 10.7. The molecule has 5 heteroatoms. The van der Waals surface area contributed by atoms with Gasteiger partial charge in [-0.3, -0.25) is 4.79 Å². The van der Waals surface area contributed by atoms with E-state index in [1.165, 1.54) is 6.42 Å². The topological polar surface area (TPSA) is 81.6 Å². The Balaban J connectivity index is 2.22. The molecule has 0 aromatic rings. The predicted molar refractivity (Wildman–Crippen MR) is 58.2 cm³/mol. The number of rotatable bonds is 5. The highest BCUT2D eigenvalue weighted by Crippen LogP contribution is 2.14. The first-order valence-corrected chi connectivity index (χ1v) is 5.40. The SMILES string of the molecule is CN(CC1CCCOC1)CC(N)C(N)=O. The van der Waals surface area contributed by atoms with Gasteiger partial charge in [-0.25, -0.2) is 0 Å². The molecule has 1 heterocycles. The molecule has 0 spiro atoms. The molecule has 0 aliphatic carbocycles. The van der Waals surface area contributed by atoms with Gasteiger partial charge in [0.25, 0.3) is 0 Å². The number of ether oxygens (including phenoxy) is 1. The van der Waals surface area contributed by atoms with Gasteiger partial charge in [-0.15, -0.1) is 0 Å². The molecule has 2 atom stereocenters. The standard InChI is InChI=1S/C10H21N3O2/c1-13(6-9(11)10(12)14)5-8-3-2-4-15-7-8/h8-9H,2-7,11H2,1H3,(H2,12,14). The maximum atomic E-state index is 10.8. The Labute approximate surface area is 90.7 Å². The minimum absolute atomic E-state index is 0.443. The van der Waals surface area contributed by atoms with Crippen LogP contribution in [0.15, 0.2) is 0 Å². The second-order valence-corrected chi connectivity index (χ2v) is 4.31. The number of hydrogen-bond acceptors (Lipinski definition) is 4. The first-order valence-electron chi connectivity index (χ1n) is 5.40. The normalized spacial score (nSPS) is 24.1. The molecule has 4 N–H and O–H groups in total. The lowest BCUT2D eigenvalue weighted by Crippen LogP contribution is -2.46. The molecular weight excluding hydrogens is 194 g/mol. The zero-order valence-corrected chi connectivity index (χ0v) is 9.32. The van der Waals surface area contributed by atoms with Crippen molar-refractivity contribution in [1.29, 1.82) is 0 Å². The maximum Gasteiger partial charge on any atom is 0.235 e. The van der Waals surface area contributed by atoms with Gasteiger partial charge in [-0.05, 0) is 25.8 Å². The number of hydrogen-bond donors (Lipinski definition) is 2. The van der Waals surface area contributed by atoms with E-state index in [-0.39, 0.29) is 0 Å². The van der Waals surface area contributed by atoms with Crippen LogP contribution in [-0.4, -0.2) is 50.2 Å². The minimum atomic E-state index is -0.570. The third-order valence-corrected chi connectivity index (χ3v) is 2.70. The van der Waals surface area contributed by atoms with Crippen molar-refractivity contribution in [1.82, 2.24) is 4.90 Å². The van der Waals surface area contributed by atoms with Crippen LogP contribution in [-0.2, 0) is 9.53 Å². The number of nitrogens with two attached hydrogens (primary N) is 2. The van der Waals surface area contributed by atoms with E-state index in [1.807, 2.05) is 7.05 Å². The third kappa shape index (κ3) is 4.59. The van der Waals surface area contributed by atoms with Crippen LogP contribution in [0.3, 0.4) is 0 Å². The molecule has 1 rings (SSSR count). The van der Waals surface area contributed by atoms with E-state index in [9.17, 15) is 4.79 Å². The van der Waals surface area contributed by atoms with Gasteiger partial charge in [-0.1, -0.05) is 0 Å². The summed E-state index contributed by atoms with van der Waals surface area (Å²) >= 11 is 0. The van der Waals surface area contributed by atoms with Gasteiger partial charge in [0.15, 0.2) is 0 Å². The van der Waals surface area contributed by atoms with Gasteiger partial charge in [0.1, 0.15) is 0 Å². The van der Waals surface area contributed by atoms with Crippen molar-refractivity contribution >= 4 is 5.91 Å². The summed E-state index contributed by atoms with van der Waals surface area (Å²) in [6.45, 7) is 3.13. The van der Waals surface area contributed by atoms with Gasteiger partial charge in [0.2, 0.25) is 5.91 Å². The summed E-state index contributed by atoms with van der Waals surface area (Å²) in [6.07, 6.45) is 2.32. The number of nitrogens with zero attached hydrogens (tertiary/aromatic N) is 1. The van der Waals surface area contributed by atoms with Crippen LogP contribution in [0, 0.1) is 5.92 Å². The number of carbonyl (C=O) groups is 1. The zero-order valence-electron chi connectivity index (χ0n) is 9.32. The quantitative estimate of drug-likeness (QED) is 0.626. The Hall–Kier alpha value is -0.650. The molecule has 1 fully saturated rings. The summed E-state index contributed by atoms with van der Waals surface area (Å²) in [6, 6.07) is -0.570. The summed E-state index contributed by atoms with van der Waals surface area (Å²) in [5, 5.41) is 0. The monoisotopic (exact) mass is 215 g/mol. The van der Waals surface area contributed by atoms with Crippen LogP contribution in [0.5, 0.6) is 0 Å². The molecular formula is C10H21N3O2.